The summed E-state index contributed by atoms with van der Waals surface area (Å²) >= 11 is 0. The molecular formula is C32H22N2O4. The fraction of sp³-hybridized carbons (Fsp3) is 0.125. The average Bonchev–Trinajstić information content (AvgIpc) is 2.95. The molecule has 0 N–H and O–H groups in total. The van der Waals surface area contributed by atoms with E-state index in [1.54, 1.807) is 14.2 Å². The number of hydrogen-bond acceptors (Lipinski definition) is 6. The fourth-order valence-electron chi connectivity index (χ4n) is 5.25. The lowest BCUT2D eigenvalue weighted by atomic mass is 9.90. The van der Waals surface area contributed by atoms with Gasteiger partial charge in [-0.15, -0.1) is 0 Å². The summed E-state index contributed by atoms with van der Waals surface area (Å²) in [5.74, 6) is 2.51. The Kier molecular flexibility index (Phi) is 5.33. The van der Waals surface area contributed by atoms with Crippen molar-refractivity contribution < 1.29 is 18.9 Å². The van der Waals surface area contributed by atoms with Gasteiger partial charge in [0, 0.05) is 11.1 Å². The maximum absolute atomic E-state index is 10.1. The van der Waals surface area contributed by atoms with Gasteiger partial charge in [0.25, 0.3) is 0 Å². The van der Waals surface area contributed by atoms with Crippen LogP contribution in [0, 0.1) is 36.5 Å². The van der Waals surface area contributed by atoms with Crippen LogP contribution in [-0.2, 0) is 0 Å². The fourth-order valence-corrected chi connectivity index (χ4v) is 5.25. The van der Waals surface area contributed by atoms with Gasteiger partial charge < -0.3 is 18.9 Å². The van der Waals surface area contributed by atoms with E-state index >= 15 is 0 Å². The molecule has 0 amide bonds. The molecule has 6 rings (SSSR count). The monoisotopic (exact) mass is 498 g/mol. The Morgan fingerprint density at radius 2 is 1.21 bits per heavy atom. The highest BCUT2D eigenvalue weighted by Gasteiger charge is 2.33. The summed E-state index contributed by atoms with van der Waals surface area (Å²) in [6.45, 7) is 3.63. The van der Waals surface area contributed by atoms with E-state index in [9.17, 15) is 10.5 Å². The Morgan fingerprint density at radius 3 is 1.79 bits per heavy atom. The Hall–Kier alpha value is -5.20. The number of benzene rings is 5. The Bertz CT molecular complexity index is 1890. The highest BCUT2D eigenvalue weighted by molar-refractivity contribution is 6.12. The molecule has 0 radical (unpaired) electrons. The largest absolute Gasteiger partial charge is 0.493 e. The number of ether oxygens (including phenoxy) is 4. The van der Waals surface area contributed by atoms with Crippen LogP contribution in [0.1, 0.15) is 22.3 Å². The van der Waals surface area contributed by atoms with Gasteiger partial charge in [-0.25, -0.2) is 0 Å². The molecule has 5 aromatic rings. The van der Waals surface area contributed by atoms with Crippen molar-refractivity contribution in [3.05, 3.63) is 82.9 Å². The summed E-state index contributed by atoms with van der Waals surface area (Å²) in [6, 6.07) is 24.3. The molecule has 1 aliphatic rings. The summed E-state index contributed by atoms with van der Waals surface area (Å²) in [5, 5.41) is 23.8. The molecule has 0 unspecified atom stereocenters. The van der Waals surface area contributed by atoms with Crippen LogP contribution < -0.4 is 18.9 Å². The lowest BCUT2D eigenvalue weighted by Gasteiger charge is -2.28. The second kappa shape index (κ2) is 8.73. The molecule has 6 nitrogen and oxygen atoms in total. The minimum atomic E-state index is 0.238. The summed E-state index contributed by atoms with van der Waals surface area (Å²) < 4.78 is 24.7. The van der Waals surface area contributed by atoms with Crippen molar-refractivity contribution in [1.29, 1.82) is 10.5 Å². The van der Waals surface area contributed by atoms with Crippen LogP contribution in [0.2, 0.25) is 0 Å². The Labute approximate surface area is 219 Å². The maximum atomic E-state index is 10.1. The topological polar surface area (TPSA) is 84.5 Å². The van der Waals surface area contributed by atoms with Crippen molar-refractivity contribution >= 4 is 21.5 Å². The highest BCUT2D eigenvalue weighted by Crippen LogP contribution is 2.58. The van der Waals surface area contributed by atoms with E-state index in [1.807, 2.05) is 74.5 Å². The first-order valence-electron chi connectivity index (χ1n) is 12.0. The van der Waals surface area contributed by atoms with E-state index in [-0.39, 0.29) is 11.5 Å². The van der Waals surface area contributed by atoms with Crippen molar-refractivity contribution in [3.8, 4) is 57.8 Å². The third-order valence-corrected chi connectivity index (χ3v) is 7.22. The zero-order chi connectivity index (χ0) is 26.6. The number of rotatable bonds is 3. The molecule has 184 valence electrons. The van der Waals surface area contributed by atoms with Crippen molar-refractivity contribution in [2.45, 2.75) is 13.8 Å². The predicted octanol–water partition coefficient (Wildman–Crippen LogP) is 7.94. The van der Waals surface area contributed by atoms with Crippen LogP contribution in [0.4, 0.5) is 0 Å². The van der Waals surface area contributed by atoms with E-state index in [1.165, 1.54) is 0 Å². The lowest BCUT2D eigenvalue weighted by Crippen LogP contribution is -2.08. The summed E-state index contributed by atoms with van der Waals surface area (Å²) in [4.78, 5) is 0. The first-order chi connectivity index (χ1) is 18.5. The van der Waals surface area contributed by atoms with Crippen molar-refractivity contribution in [3.63, 3.8) is 0 Å². The van der Waals surface area contributed by atoms with Gasteiger partial charge in [-0.3, -0.25) is 0 Å². The summed E-state index contributed by atoms with van der Waals surface area (Å²) in [7, 11) is 3.22. The van der Waals surface area contributed by atoms with E-state index in [0.29, 0.717) is 45.3 Å². The van der Waals surface area contributed by atoms with Crippen molar-refractivity contribution in [2.75, 3.05) is 14.2 Å². The number of methoxy groups -OCH3 is 2. The molecule has 0 fully saturated rings. The first kappa shape index (κ1) is 23.2. The van der Waals surface area contributed by atoms with E-state index < -0.39 is 0 Å². The van der Waals surface area contributed by atoms with Gasteiger partial charge in [0.1, 0.15) is 23.3 Å². The molecule has 0 atom stereocenters. The molecule has 5 aromatic carbocycles. The molecule has 0 spiro atoms. The second-order valence-electron chi connectivity index (χ2n) is 9.09. The van der Waals surface area contributed by atoms with E-state index in [4.69, 9.17) is 18.9 Å². The van der Waals surface area contributed by atoms with Crippen LogP contribution in [0.15, 0.2) is 60.7 Å². The van der Waals surface area contributed by atoms with Crippen molar-refractivity contribution in [2.24, 2.45) is 0 Å². The minimum Gasteiger partial charge on any atom is -0.493 e. The number of nitrogens with zero attached hydrogens (tertiary/aromatic N) is 2. The first-order valence-corrected chi connectivity index (χ1v) is 12.0. The zero-order valence-corrected chi connectivity index (χ0v) is 21.3. The molecule has 6 heteroatoms. The number of nitriles is 2. The highest BCUT2D eigenvalue weighted by atomic mass is 16.6. The van der Waals surface area contributed by atoms with Crippen LogP contribution >= 0.6 is 0 Å². The van der Waals surface area contributed by atoms with Gasteiger partial charge >= 0.3 is 0 Å². The minimum absolute atomic E-state index is 0.238. The quantitative estimate of drug-likeness (QED) is 0.246. The van der Waals surface area contributed by atoms with Crippen LogP contribution in [0.3, 0.4) is 0 Å². The smallest absolute Gasteiger partial charge is 0.189 e. The summed E-state index contributed by atoms with van der Waals surface area (Å²) in [6.07, 6.45) is 0. The molecule has 1 aliphatic heterocycles. The molecule has 0 saturated carbocycles. The van der Waals surface area contributed by atoms with Gasteiger partial charge in [-0.1, -0.05) is 48.5 Å². The van der Waals surface area contributed by atoms with E-state index in [0.717, 1.165) is 32.7 Å². The Morgan fingerprint density at radius 1 is 0.658 bits per heavy atom. The van der Waals surface area contributed by atoms with Crippen molar-refractivity contribution in [1.82, 2.24) is 0 Å². The molecule has 0 bridgehead atoms. The molecule has 38 heavy (non-hydrogen) atoms. The molecule has 1 heterocycles. The number of fused-ring (bicyclic) bond motifs is 4. The van der Waals surface area contributed by atoms with Gasteiger partial charge in [0.2, 0.25) is 0 Å². The SMILES string of the molecule is COc1cc2ccccc2c(-c2c3c(cc4ccccc24)Oc2c(C#N)c(C)c(C)c(C#N)c2O3)c1OC. The average molecular weight is 499 g/mol. The molecule has 0 aliphatic carbocycles. The predicted molar refractivity (Wildman–Crippen MR) is 145 cm³/mol. The molecular weight excluding hydrogens is 476 g/mol. The van der Waals surface area contributed by atoms with E-state index in [2.05, 4.69) is 12.1 Å². The lowest BCUT2D eigenvalue weighted by molar-refractivity contribution is 0.354. The summed E-state index contributed by atoms with van der Waals surface area (Å²) in [5.41, 5.74) is 3.59. The zero-order valence-electron chi connectivity index (χ0n) is 21.3. The van der Waals surface area contributed by atoms with Crippen LogP contribution in [-0.4, -0.2) is 14.2 Å². The molecule has 0 saturated heterocycles. The van der Waals surface area contributed by atoms with Crippen LogP contribution in [0.5, 0.6) is 34.5 Å². The Balaban J connectivity index is 1.78. The maximum Gasteiger partial charge on any atom is 0.189 e. The second-order valence-corrected chi connectivity index (χ2v) is 9.09. The normalized spacial score (nSPS) is 11.5. The third kappa shape index (κ3) is 3.18. The van der Waals surface area contributed by atoms with Gasteiger partial charge in [-0.2, -0.15) is 10.5 Å². The number of hydrogen-bond donors (Lipinski definition) is 0. The van der Waals surface area contributed by atoms with Gasteiger partial charge in [-0.05, 0) is 58.7 Å². The standard InChI is InChI=1S/C32H22N2O4/c1-17-18(2)24(16-34)30-29(23(17)15-33)37-26-14-20-10-6-8-12-22(20)28(32(26)38-30)27-21-11-7-5-9-19(21)13-25(35-3)31(27)36-4/h5-14H,1-4H3. The molecule has 0 aromatic heterocycles. The van der Waals surface area contributed by atoms with Gasteiger partial charge in [0.05, 0.1) is 14.2 Å². The van der Waals surface area contributed by atoms with Crippen LogP contribution in [0.25, 0.3) is 32.7 Å². The third-order valence-electron chi connectivity index (χ3n) is 7.22. The van der Waals surface area contributed by atoms with Gasteiger partial charge in [0.15, 0.2) is 34.5 Å².